The first-order valence-electron chi connectivity index (χ1n) is 13.3. The van der Waals surface area contributed by atoms with Gasteiger partial charge in [-0.3, -0.25) is 9.48 Å². The van der Waals surface area contributed by atoms with Crippen molar-refractivity contribution in [2.45, 2.75) is 13.9 Å². The molecule has 0 aliphatic carbocycles. The van der Waals surface area contributed by atoms with Crippen molar-refractivity contribution in [1.29, 1.82) is 0 Å². The first-order chi connectivity index (χ1) is 20.0. The maximum atomic E-state index is 12.8. The molecule has 1 aliphatic heterocycles. The molecule has 210 valence electrons. The number of aromatic nitrogens is 6. The van der Waals surface area contributed by atoms with Crippen molar-refractivity contribution in [3.05, 3.63) is 54.6 Å². The molecule has 0 atom stereocenters. The lowest BCUT2D eigenvalue weighted by atomic mass is 10.0. The smallest absolute Gasteiger partial charge is 0.273 e. The molecule has 0 bridgehead atoms. The Balaban J connectivity index is 0.00000423. The van der Waals surface area contributed by atoms with Crippen LogP contribution in [0.5, 0.6) is 5.75 Å². The van der Waals surface area contributed by atoms with Gasteiger partial charge in [-0.05, 0) is 24.3 Å². The number of alkyl halides is 2. The molecule has 14 heteroatoms. The molecule has 0 spiro atoms. The van der Waals surface area contributed by atoms with Crippen molar-refractivity contribution in [3.63, 3.8) is 0 Å². The molecule has 1 fully saturated rings. The minimum absolute atomic E-state index is 0. The maximum Gasteiger partial charge on any atom is 0.273 e. The highest BCUT2D eigenvalue weighted by Crippen LogP contribution is 2.37. The fourth-order valence-electron chi connectivity index (χ4n) is 4.08. The highest BCUT2D eigenvalue weighted by atomic mass is 19.3. The zero-order valence-corrected chi connectivity index (χ0v) is 20.9. The third kappa shape index (κ3) is 5.75. The number of carbonyl (C=O) groups excluding carboxylic acids is 1. The van der Waals surface area contributed by atoms with Crippen LogP contribution in [0.3, 0.4) is 0 Å². The molecule has 5 rings (SSSR count). The van der Waals surface area contributed by atoms with Gasteiger partial charge in [-0.1, -0.05) is 13.5 Å². The highest BCUT2D eigenvalue weighted by molar-refractivity contribution is 5.99. The fourth-order valence-corrected chi connectivity index (χ4v) is 4.08. The number of benzene rings is 1. The average molecular weight is 556 g/mol. The summed E-state index contributed by atoms with van der Waals surface area (Å²) in [5.74, 6) is -0.279. The molecule has 1 aliphatic rings. The second-order valence-electron chi connectivity index (χ2n) is 8.73. The van der Waals surface area contributed by atoms with Gasteiger partial charge in [-0.2, -0.15) is 5.10 Å². The van der Waals surface area contributed by atoms with E-state index in [1.165, 1.54) is 13.2 Å². The molecule has 1 aromatic carbocycles. The molecular formula is C26H30F2N10O2. The van der Waals surface area contributed by atoms with Gasteiger partial charge < -0.3 is 25.6 Å². The van der Waals surface area contributed by atoms with E-state index in [0.717, 1.165) is 0 Å². The summed E-state index contributed by atoms with van der Waals surface area (Å²) in [4.78, 5) is 23.2. The lowest BCUT2D eigenvalue weighted by Crippen LogP contribution is -2.50. The van der Waals surface area contributed by atoms with Gasteiger partial charge in [0, 0.05) is 37.3 Å². The SMILES string of the molecule is C.[2H]C([2H])([2H])NC(=O)c1nnc(Nc2ccc(N3CC(C(F)F)C3)cn2)cc1Nc1cccc(-c2ncn(C)n2)c1OC. The third-order valence-electron chi connectivity index (χ3n) is 6.09. The normalized spacial score (nSPS) is 14.3. The van der Waals surface area contributed by atoms with Crippen molar-refractivity contribution in [1.82, 2.24) is 35.3 Å². The molecule has 40 heavy (non-hydrogen) atoms. The Hall–Kier alpha value is -4.88. The Labute approximate surface area is 234 Å². The molecule has 12 nitrogen and oxygen atoms in total. The van der Waals surface area contributed by atoms with Crippen LogP contribution in [0, 0.1) is 5.92 Å². The topological polar surface area (TPSA) is 135 Å². The van der Waals surface area contributed by atoms with Crippen molar-refractivity contribution >= 4 is 34.6 Å². The van der Waals surface area contributed by atoms with Crippen LogP contribution in [-0.4, -0.2) is 69.5 Å². The van der Waals surface area contributed by atoms with E-state index >= 15 is 0 Å². The van der Waals surface area contributed by atoms with Crippen LogP contribution in [0.15, 0.2) is 48.9 Å². The van der Waals surface area contributed by atoms with Crippen molar-refractivity contribution in [2.75, 3.05) is 42.7 Å². The number of anilines is 5. The average Bonchev–Trinajstić information content (AvgIpc) is 3.33. The Morgan fingerprint density at radius 1 is 1.12 bits per heavy atom. The number of amides is 1. The summed E-state index contributed by atoms with van der Waals surface area (Å²) in [5, 5.41) is 20.3. The van der Waals surface area contributed by atoms with Crippen molar-refractivity contribution < 1.29 is 22.4 Å². The van der Waals surface area contributed by atoms with Gasteiger partial charge in [0.25, 0.3) is 5.91 Å². The molecule has 4 aromatic rings. The molecule has 0 unspecified atom stereocenters. The Kier molecular flexibility index (Phi) is 7.18. The van der Waals surface area contributed by atoms with Crippen LogP contribution in [0.1, 0.15) is 22.0 Å². The predicted octanol–water partition coefficient (Wildman–Crippen LogP) is 3.86. The largest absolute Gasteiger partial charge is 0.494 e. The molecule has 4 heterocycles. The maximum absolute atomic E-state index is 12.8. The number of halogens is 2. The molecule has 0 radical (unpaired) electrons. The number of hydrogen-bond donors (Lipinski definition) is 3. The second kappa shape index (κ2) is 11.9. The summed E-state index contributed by atoms with van der Waals surface area (Å²) >= 11 is 0. The zero-order valence-electron chi connectivity index (χ0n) is 23.9. The van der Waals surface area contributed by atoms with E-state index in [9.17, 15) is 13.6 Å². The number of rotatable bonds is 9. The first kappa shape index (κ1) is 24.2. The number of hydrogen-bond acceptors (Lipinski definition) is 10. The van der Waals surface area contributed by atoms with Crippen LogP contribution >= 0.6 is 0 Å². The molecule has 3 N–H and O–H groups in total. The number of pyridine rings is 1. The quantitative estimate of drug-likeness (QED) is 0.279. The number of para-hydroxylation sites is 1. The number of nitrogens with one attached hydrogen (secondary N) is 3. The van der Waals surface area contributed by atoms with E-state index in [1.54, 1.807) is 59.5 Å². The van der Waals surface area contributed by atoms with Gasteiger partial charge in [0.2, 0.25) is 6.43 Å². The summed E-state index contributed by atoms with van der Waals surface area (Å²) in [7, 11) is 3.20. The third-order valence-corrected chi connectivity index (χ3v) is 6.09. The van der Waals surface area contributed by atoms with Crippen LogP contribution in [0.4, 0.5) is 37.5 Å². The van der Waals surface area contributed by atoms with Gasteiger partial charge in [-0.15, -0.1) is 10.2 Å². The van der Waals surface area contributed by atoms with Gasteiger partial charge in [-0.25, -0.2) is 18.7 Å². The summed E-state index contributed by atoms with van der Waals surface area (Å²) in [6.45, 7) is -2.24. The molecule has 3 aromatic heterocycles. The lowest BCUT2D eigenvalue weighted by Gasteiger charge is -2.40. The summed E-state index contributed by atoms with van der Waals surface area (Å²) in [6, 6.07) is 10.1. The summed E-state index contributed by atoms with van der Waals surface area (Å²) in [6.07, 6.45) is 0.744. The molecular weight excluding hydrogens is 522 g/mol. The van der Waals surface area contributed by atoms with Gasteiger partial charge in [0.15, 0.2) is 23.1 Å². The zero-order chi connectivity index (χ0) is 30.0. The molecule has 1 saturated heterocycles. The van der Waals surface area contributed by atoms with Crippen LogP contribution in [0.2, 0.25) is 0 Å². The van der Waals surface area contributed by atoms with E-state index in [1.807, 2.05) is 5.32 Å². The van der Waals surface area contributed by atoms with Crippen LogP contribution < -0.4 is 25.6 Å². The lowest BCUT2D eigenvalue weighted by molar-refractivity contribution is 0.0614. The Morgan fingerprint density at radius 3 is 2.60 bits per heavy atom. The van der Waals surface area contributed by atoms with Crippen molar-refractivity contribution in [3.8, 4) is 17.1 Å². The summed E-state index contributed by atoms with van der Waals surface area (Å²) < 4.78 is 55.0. The van der Waals surface area contributed by atoms with E-state index in [4.69, 9.17) is 8.85 Å². The molecule has 1 amide bonds. The Morgan fingerprint density at radius 2 is 1.95 bits per heavy atom. The van der Waals surface area contributed by atoms with Crippen LogP contribution in [0.25, 0.3) is 11.4 Å². The number of carbonyl (C=O) groups is 1. The van der Waals surface area contributed by atoms with E-state index in [2.05, 4.69) is 35.9 Å². The van der Waals surface area contributed by atoms with Gasteiger partial charge in [0.1, 0.15) is 12.1 Å². The monoisotopic (exact) mass is 555 g/mol. The standard InChI is InChI=1S/C25H26F2N10O2.CH4/c1-28-25(38)21-18(31-17-6-4-5-16(22(17)39-3)24-30-13-36(2)35-24)9-20(33-34-21)32-19-8-7-15(10-29-19)37-11-14(12-37)23(26)27;/h4-10,13-14,23H,11-12H2,1-3H3,(H,28,38)(H2,29,31,32,33);1H4/i1D3;. The number of methoxy groups -OCH3 is 1. The second-order valence-corrected chi connectivity index (χ2v) is 8.73. The van der Waals surface area contributed by atoms with E-state index in [-0.39, 0.29) is 37.7 Å². The van der Waals surface area contributed by atoms with Crippen LogP contribution in [-0.2, 0) is 7.05 Å². The van der Waals surface area contributed by atoms with Gasteiger partial charge in [0.05, 0.1) is 41.9 Å². The Bertz CT molecular complexity index is 1580. The number of nitrogens with zero attached hydrogens (tertiary/aromatic N) is 7. The summed E-state index contributed by atoms with van der Waals surface area (Å²) in [5.41, 5.74) is 1.53. The number of ether oxygens (including phenoxy) is 1. The first-order valence-corrected chi connectivity index (χ1v) is 11.8. The fraction of sp³-hybridized carbons (Fsp3) is 0.308. The molecule has 0 saturated carbocycles. The van der Waals surface area contributed by atoms with Gasteiger partial charge >= 0.3 is 0 Å². The minimum atomic E-state index is -2.76. The number of aryl methyl sites for hydroxylation is 1. The minimum Gasteiger partial charge on any atom is -0.494 e. The van der Waals surface area contributed by atoms with E-state index < -0.39 is 25.2 Å². The van der Waals surface area contributed by atoms with E-state index in [0.29, 0.717) is 34.3 Å². The van der Waals surface area contributed by atoms with Crippen molar-refractivity contribution in [2.24, 2.45) is 13.0 Å². The predicted molar refractivity (Wildman–Crippen MR) is 148 cm³/mol. The highest BCUT2D eigenvalue weighted by Gasteiger charge is 2.34.